The molecule has 0 aliphatic rings. The van der Waals surface area contributed by atoms with Gasteiger partial charge in [-0.3, -0.25) is 4.72 Å². The molecule has 1 aromatic heterocycles. The second kappa shape index (κ2) is 6.11. The fraction of sp³-hybridized carbons (Fsp3) is 0.0833. The third-order valence-corrected chi connectivity index (χ3v) is 5.33. The van der Waals surface area contributed by atoms with Crippen LogP contribution in [0.25, 0.3) is 0 Å². The van der Waals surface area contributed by atoms with Gasteiger partial charge in [-0.25, -0.2) is 17.6 Å². The molecule has 0 unspecified atom stereocenters. The number of anilines is 1. The lowest BCUT2D eigenvalue weighted by atomic mass is 10.3. The molecule has 2 N–H and O–H groups in total. The Morgan fingerprint density at radius 2 is 2.14 bits per heavy atom. The Morgan fingerprint density at radius 3 is 2.73 bits per heavy atom. The van der Waals surface area contributed by atoms with Gasteiger partial charge in [-0.05, 0) is 17.5 Å². The molecule has 10 heteroatoms. The fourth-order valence-corrected chi connectivity index (χ4v) is 3.98. The molecule has 0 fully saturated rings. The molecule has 0 aliphatic carbocycles. The van der Waals surface area contributed by atoms with Crippen molar-refractivity contribution in [1.82, 2.24) is 0 Å². The summed E-state index contributed by atoms with van der Waals surface area (Å²) in [4.78, 5) is 10.4. The molecule has 0 atom stereocenters. The van der Waals surface area contributed by atoms with Crippen molar-refractivity contribution in [1.29, 1.82) is 0 Å². The summed E-state index contributed by atoms with van der Waals surface area (Å²) in [6, 6.07) is 3.04. The summed E-state index contributed by atoms with van der Waals surface area (Å²) in [6.07, 6.45) is 0. The molecule has 0 saturated heterocycles. The number of methoxy groups -OCH3 is 1. The van der Waals surface area contributed by atoms with Gasteiger partial charge in [0.25, 0.3) is 10.0 Å². The molecule has 2 aromatic rings. The van der Waals surface area contributed by atoms with Crippen molar-refractivity contribution < 1.29 is 27.4 Å². The van der Waals surface area contributed by atoms with Crippen LogP contribution in [0.1, 0.15) is 9.67 Å². The van der Waals surface area contributed by atoms with Gasteiger partial charge in [0, 0.05) is 6.07 Å². The van der Waals surface area contributed by atoms with Crippen LogP contribution < -0.4 is 9.46 Å². The lowest BCUT2D eigenvalue weighted by Crippen LogP contribution is -2.15. The van der Waals surface area contributed by atoms with Crippen molar-refractivity contribution in [3.05, 3.63) is 39.3 Å². The Morgan fingerprint density at radius 1 is 1.45 bits per heavy atom. The molecule has 0 radical (unpaired) electrons. The number of carboxylic acid groups (broad SMARTS) is 1. The molecule has 0 saturated carbocycles. The van der Waals surface area contributed by atoms with E-state index in [4.69, 9.17) is 21.4 Å². The predicted molar refractivity (Wildman–Crippen MR) is 80.0 cm³/mol. The number of nitrogens with one attached hydrogen (secondary N) is 1. The van der Waals surface area contributed by atoms with Crippen LogP contribution in [0.5, 0.6) is 5.75 Å². The second-order valence-corrected chi connectivity index (χ2v) is 6.97. The van der Waals surface area contributed by atoms with Crippen LogP contribution in [0.15, 0.2) is 28.5 Å². The van der Waals surface area contributed by atoms with Gasteiger partial charge in [0.05, 0.1) is 17.8 Å². The van der Waals surface area contributed by atoms with Gasteiger partial charge in [-0.15, -0.1) is 11.3 Å². The maximum absolute atomic E-state index is 13.5. The van der Waals surface area contributed by atoms with Gasteiger partial charge in [0.2, 0.25) is 0 Å². The normalized spacial score (nSPS) is 11.2. The van der Waals surface area contributed by atoms with Crippen LogP contribution in [-0.2, 0) is 10.0 Å². The SMILES string of the molecule is COc1cc(S(=O)(=O)Nc2ccsc2C(=O)O)c(Cl)cc1F. The average Bonchev–Trinajstić information content (AvgIpc) is 2.86. The van der Waals surface area contributed by atoms with Gasteiger partial charge >= 0.3 is 5.97 Å². The maximum atomic E-state index is 13.5. The summed E-state index contributed by atoms with van der Waals surface area (Å²) in [5, 5.41) is 10.1. The Labute approximate surface area is 134 Å². The van der Waals surface area contributed by atoms with E-state index in [1.165, 1.54) is 18.6 Å². The molecule has 0 spiro atoms. The van der Waals surface area contributed by atoms with Gasteiger partial charge in [0.1, 0.15) is 9.77 Å². The number of rotatable bonds is 5. The van der Waals surface area contributed by atoms with Crippen molar-refractivity contribution >= 4 is 44.6 Å². The molecule has 1 aromatic carbocycles. The smallest absolute Gasteiger partial charge is 0.348 e. The summed E-state index contributed by atoms with van der Waals surface area (Å²) in [7, 11) is -3.03. The molecule has 2 rings (SSSR count). The summed E-state index contributed by atoms with van der Waals surface area (Å²) in [5.74, 6) is -2.38. The zero-order valence-corrected chi connectivity index (χ0v) is 13.4. The number of halogens is 2. The highest BCUT2D eigenvalue weighted by Gasteiger charge is 2.24. The average molecular weight is 366 g/mol. The first kappa shape index (κ1) is 16.5. The minimum atomic E-state index is -4.20. The minimum absolute atomic E-state index is 0.100. The number of aromatic carboxylic acids is 1. The lowest BCUT2D eigenvalue weighted by Gasteiger charge is -2.11. The first-order valence-electron chi connectivity index (χ1n) is 5.63. The van der Waals surface area contributed by atoms with Crippen LogP contribution in [0.4, 0.5) is 10.1 Å². The van der Waals surface area contributed by atoms with E-state index in [0.29, 0.717) is 0 Å². The zero-order chi connectivity index (χ0) is 16.5. The van der Waals surface area contributed by atoms with Crippen LogP contribution in [0, 0.1) is 5.82 Å². The molecular weight excluding hydrogens is 357 g/mol. The van der Waals surface area contributed by atoms with Gasteiger partial charge < -0.3 is 9.84 Å². The van der Waals surface area contributed by atoms with Crippen LogP contribution >= 0.6 is 22.9 Å². The number of ether oxygens (including phenoxy) is 1. The monoisotopic (exact) mass is 365 g/mol. The third-order valence-electron chi connectivity index (χ3n) is 2.60. The summed E-state index contributed by atoms with van der Waals surface area (Å²) >= 11 is 6.62. The summed E-state index contributed by atoms with van der Waals surface area (Å²) < 4.78 is 44.9. The van der Waals surface area contributed by atoms with Crippen molar-refractivity contribution in [2.75, 3.05) is 11.8 Å². The van der Waals surface area contributed by atoms with Crippen molar-refractivity contribution in [3.8, 4) is 5.75 Å². The van der Waals surface area contributed by atoms with E-state index in [2.05, 4.69) is 4.72 Å². The quantitative estimate of drug-likeness (QED) is 0.849. The number of hydrogen-bond donors (Lipinski definition) is 2. The van der Waals surface area contributed by atoms with Crippen LogP contribution in [-0.4, -0.2) is 26.6 Å². The Balaban J connectivity index is 2.47. The molecule has 0 bridgehead atoms. The zero-order valence-electron chi connectivity index (χ0n) is 11.0. The number of carbonyl (C=O) groups is 1. The van der Waals surface area contributed by atoms with E-state index in [9.17, 15) is 17.6 Å². The van der Waals surface area contributed by atoms with Crippen LogP contribution in [0.3, 0.4) is 0 Å². The van der Waals surface area contributed by atoms with E-state index >= 15 is 0 Å². The van der Waals surface area contributed by atoms with E-state index in [1.54, 1.807) is 0 Å². The van der Waals surface area contributed by atoms with E-state index in [0.717, 1.165) is 23.5 Å². The second-order valence-electron chi connectivity index (χ2n) is 3.99. The molecule has 1 heterocycles. The Hall–Kier alpha value is -1.84. The van der Waals surface area contributed by atoms with E-state index in [-0.39, 0.29) is 21.3 Å². The molecule has 22 heavy (non-hydrogen) atoms. The molecule has 118 valence electrons. The van der Waals surface area contributed by atoms with Crippen molar-refractivity contribution in [2.45, 2.75) is 4.90 Å². The van der Waals surface area contributed by atoms with Gasteiger partial charge in [-0.1, -0.05) is 11.6 Å². The topological polar surface area (TPSA) is 92.7 Å². The van der Waals surface area contributed by atoms with Gasteiger partial charge in [-0.2, -0.15) is 0 Å². The predicted octanol–water partition coefficient (Wildman–Crippen LogP) is 3.05. The van der Waals surface area contributed by atoms with Crippen LogP contribution in [0.2, 0.25) is 5.02 Å². The van der Waals surface area contributed by atoms with Crippen molar-refractivity contribution in [2.24, 2.45) is 0 Å². The molecule has 0 aliphatic heterocycles. The third kappa shape index (κ3) is 3.16. The molecule has 6 nitrogen and oxygen atoms in total. The van der Waals surface area contributed by atoms with E-state index in [1.807, 2.05) is 0 Å². The van der Waals surface area contributed by atoms with Crippen molar-refractivity contribution in [3.63, 3.8) is 0 Å². The standard InChI is InChI=1S/C12H9ClFNO5S2/c1-20-9-5-10(6(13)4-7(9)14)22(18,19)15-8-2-3-21-11(8)12(16)17/h2-5,15H,1H3,(H,16,17). The number of hydrogen-bond acceptors (Lipinski definition) is 5. The lowest BCUT2D eigenvalue weighted by molar-refractivity contribution is 0.0703. The van der Waals surface area contributed by atoms with Gasteiger partial charge in [0.15, 0.2) is 11.6 Å². The summed E-state index contributed by atoms with van der Waals surface area (Å²) in [5.41, 5.74) is -0.100. The first-order valence-corrected chi connectivity index (χ1v) is 8.37. The highest BCUT2D eigenvalue weighted by Crippen LogP contribution is 2.32. The fourth-order valence-electron chi connectivity index (χ4n) is 1.63. The number of thiophene rings is 1. The minimum Gasteiger partial charge on any atom is -0.494 e. The summed E-state index contributed by atoms with van der Waals surface area (Å²) in [6.45, 7) is 0. The number of sulfonamides is 1. The highest BCUT2D eigenvalue weighted by molar-refractivity contribution is 7.92. The molecular formula is C12H9ClFNO5S2. The largest absolute Gasteiger partial charge is 0.494 e. The molecule has 0 amide bonds. The van der Waals surface area contributed by atoms with E-state index < -0.39 is 26.7 Å². The number of carboxylic acids is 1. The Bertz CT molecular complexity index is 834. The highest BCUT2D eigenvalue weighted by atomic mass is 35.5. The Kier molecular flexibility index (Phi) is 4.59. The maximum Gasteiger partial charge on any atom is 0.348 e. The number of benzene rings is 1. The first-order chi connectivity index (χ1) is 10.3.